The molecule has 0 aromatic heterocycles. The number of benzene rings is 2. The van der Waals surface area contributed by atoms with Crippen molar-refractivity contribution in [1.29, 1.82) is 0 Å². The number of nitrogens with one attached hydrogen (secondary N) is 1. The molecule has 2 aromatic carbocycles. The van der Waals surface area contributed by atoms with Crippen LogP contribution in [-0.4, -0.2) is 32.1 Å². The first-order chi connectivity index (χ1) is 12.0. The summed E-state index contributed by atoms with van der Waals surface area (Å²) in [5.41, 5.74) is 0.726. The molecule has 0 radical (unpaired) electrons. The van der Waals surface area contributed by atoms with E-state index in [0.717, 1.165) is 0 Å². The lowest BCUT2D eigenvalue weighted by Gasteiger charge is -2.17. The second-order valence-corrected chi connectivity index (χ2v) is 5.47. The molecule has 0 bridgehead atoms. The molecular formula is C18H16ClNO5. The Morgan fingerprint density at radius 2 is 1.72 bits per heavy atom. The fourth-order valence-corrected chi connectivity index (χ4v) is 2.51. The summed E-state index contributed by atoms with van der Waals surface area (Å²) in [6, 6.07) is 12.7. The molecule has 1 N–H and O–H groups in total. The van der Waals surface area contributed by atoms with Gasteiger partial charge in [-0.05, 0) is 29.8 Å². The van der Waals surface area contributed by atoms with Crippen LogP contribution in [0.4, 0.5) is 5.69 Å². The van der Waals surface area contributed by atoms with Crippen LogP contribution in [-0.2, 0) is 19.1 Å². The summed E-state index contributed by atoms with van der Waals surface area (Å²) in [5.74, 6) is -3.43. The molecule has 0 aliphatic rings. The van der Waals surface area contributed by atoms with Crippen LogP contribution in [0.15, 0.2) is 48.5 Å². The van der Waals surface area contributed by atoms with Crippen LogP contribution in [0.3, 0.4) is 0 Å². The number of anilines is 1. The zero-order valence-electron chi connectivity index (χ0n) is 13.6. The minimum Gasteiger partial charge on any atom is -0.468 e. The maximum absolute atomic E-state index is 12.7. The fourth-order valence-electron chi connectivity index (χ4n) is 2.32. The van der Waals surface area contributed by atoms with E-state index in [4.69, 9.17) is 21.1 Å². The van der Waals surface area contributed by atoms with Crippen molar-refractivity contribution in [2.24, 2.45) is 0 Å². The Balaban J connectivity index is 2.42. The number of methoxy groups -OCH3 is 2. The molecular weight excluding hydrogens is 346 g/mol. The van der Waals surface area contributed by atoms with Crippen LogP contribution < -0.4 is 5.32 Å². The first-order valence-electron chi connectivity index (χ1n) is 7.29. The molecule has 130 valence electrons. The van der Waals surface area contributed by atoms with Crippen LogP contribution in [0.1, 0.15) is 21.8 Å². The Bertz CT molecular complexity index is 806. The zero-order chi connectivity index (χ0) is 18.4. The highest BCUT2D eigenvalue weighted by molar-refractivity contribution is 6.31. The normalized spacial score (nSPS) is 11.3. The van der Waals surface area contributed by atoms with E-state index in [1.165, 1.54) is 26.4 Å². The summed E-state index contributed by atoms with van der Waals surface area (Å²) in [5, 5.41) is 3.04. The molecule has 6 nitrogen and oxygen atoms in total. The van der Waals surface area contributed by atoms with Crippen molar-refractivity contribution in [3.05, 3.63) is 64.7 Å². The molecule has 0 saturated carbocycles. The molecule has 0 saturated heterocycles. The van der Waals surface area contributed by atoms with E-state index in [0.29, 0.717) is 10.7 Å². The highest BCUT2D eigenvalue weighted by Gasteiger charge is 2.33. The number of esters is 2. The smallest absolute Gasteiger partial charge is 0.338 e. The molecule has 7 heteroatoms. The standard InChI is InChI=1S/C18H16ClNO5/c1-24-17(22)14-9-4-3-8-13(14)15(18(23)25-2)16(21)20-12-7-5-6-11(19)10-12/h3-10,15H,1-2H3,(H,20,21). The van der Waals surface area contributed by atoms with E-state index >= 15 is 0 Å². The third-order valence-electron chi connectivity index (χ3n) is 3.47. The second-order valence-electron chi connectivity index (χ2n) is 5.03. The van der Waals surface area contributed by atoms with Crippen molar-refractivity contribution in [3.8, 4) is 0 Å². The van der Waals surface area contributed by atoms with Gasteiger partial charge in [-0.25, -0.2) is 4.79 Å². The van der Waals surface area contributed by atoms with Crippen molar-refractivity contribution in [3.63, 3.8) is 0 Å². The molecule has 0 heterocycles. The molecule has 0 spiro atoms. The number of ether oxygens (including phenoxy) is 2. The van der Waals surface area contributed by atoms with E-state index in [-0.39, 0.29) is 11.1 Å². The van der Waals surface area contributed by atoms with E-state index in [1.807, 2.05) is 0 Å². The van der Waals surface area contributed by atoms with Gasteiger partial charge in [-0.3, -0.25) is 9.59 Å². The minimum absolute atomic E-state index is 0.113. The Hall–Kier alpha value is -2.86. The maximum Gasteiger partial charge on any atom is 0.338 e. The van der Waals surface area contributed by atoms with Crippen molar-refractivity contribution in [2.45, 2.75) is 5.92 Å². The lowest BCUT2D eigenvalue weighted by molar-refractivity contribution is -0.145. The topological polar surface area (TPSA) is 81.7 Å². The van der Waals surface area contributed by atoms with Crippen LogP contribution in [0.5, 0.6) is 0 Å². The molecule has 1 amide bonds. The number of carbonyl (C=O) groups is 3. The van der Waals surface area contributed by atoms with Gasteiger partial charge in [-0.1, -0.05) is 35.9 Å². The maximum atomic E-state index is 12.7. The summed E-state index contributed by atoms with van der Waals surface area (Å²) >= 11 is 5.90. The summed E-state index contributed by atoms with van der Waals surface area (Å²) in [7, 11) is 2.39. The Morgan fingerprint density at radius 3 is 2.36 bits per heavy atom. The molecule has 1 atom stereocenters. The predicted molar refractivity (Wildman–Crippen MR) is 92.6 cm³/mol. The van der Waals surface area contributed by atoms with E-state index < -0.39 is 23.8 Å². The van der Waals surface area contributed by atoms with Gasteiger partial charge in [0.05, 0.1) is 19.8 Å². The highest BCUT2D eigenvalue weighted by atomic mass is 35.5. The van der Waals surface area contributed by atoms with E-state index in [9.17, 15) is 14.4 Å². The van der Waals surface area contributed by atoms with Crippen LogP contribution >= 0.6 is 11.6 Å². The third kappa shape index (κ3) is 4.36. The molecule has 0 fully saturated rings. The van der Waals surface area contributed by atoms with Crippen molar-refractivity contribution in [1.82, 2.24) is 0 Å². The quantitative estimate of drug-likeness (QED) is 0.654. The van der Waals surface area contributed by atoms with Gasteiger partial charge in [0.15, 0.2) is 5.92 Å². The van der Waals surface area contributed by atoms with Crippen LogP contribution in [0.2, 0.25) is 5.02 Å². The van der Waals surface area contributed by atoms with Crippen molar-refractivity contribution >= 4 is 35.1 Å². The van der Waals surface area contributed by atoms with Gasteiger partial charge in [0.25, 0.3) is 0 Å². The van der Waals surface area contributed by atoms with Gasteiger partial charge in [0.2, 0.25) is 5.91 Å². The Kier molecular flexibility index (Phi) is 6.14. The average Bonchev–Trinajstić information content (AvgIpc) is 2.61. The number of carbonyl (C=O) groups excluding carboxylic acids is 3. The lowest BCUT2D eigenvalue weighted by Crippen LogP contribution is -2.30. The molecule has 2 aromatic rings. The predicted octanol–water partition coefficient (Wildman–Crippen LogP) is 3.02. The molecule has 2 rings (SSSR count). The van der Waals surface area contributed by atoms with Crippen molar-refractivity contribution < 1.29 is 23.9 Å². The van der Waals surface area contributed by atoms with Gasteiger partial charge in [-0.2, -0.15) is 0 Å². The van der Waals surface area contributed by atoms with Gasteiger partial charge >= 0.3 is 11.9 Å². The highest BCUT2D eigenvalue weighted by Crippen LogP contribution is 2.25. The molecule has 0 aliphatic heterocycles. The third-order valence-corrected chi connectivity index (χ3v) is 3.70. The van der Waals surface area contributed by atoms with E-state index in [1.54, 1.807) is 36.4 Å². The summed E-state index contributed by atoms with van der Waals surface area (Å²) in [4.78, 5) is 36.8. The number of halogens is 1. The Labute approximate surface area is 149 Å². The fraction of sp³-hybridized carbons (Fsp3) is 0.167. The molecule has 0 aliphatic carbocycles. The van der Waals surface area contributed by atoms with E-state index in [2.05, 4.69) is 5.32 Å². The number of hydrogen-bond donors (Lipinski definition) is 1. The number of hydrogen-bond acceptors (Lipinski definition) is 5. The average molecular weight is 362 g/mol. The summed E-state index contributed by atoms with van der Waals surface area (Å²) in [6.45, 7) is 0. The summed E-state index contributed by atoms with van der Waals surface area (Å²) < 4.78 is 9.45. The number of amides is 1. The zero-order valence-corrected chi connectivity index (χ0v) is 14.4. The summed E-state index contributed by atoms with van der Waals surface area (Å²) in [6.07, 6.45) is 0. The second kappa shape index (κ2) is 8.30. The first kappa shape index (κ1) is 18.5. The number of rotatable bonds is 5. The monoisotopic (exact) mass is 361 g/mol. The van der Waals surface area contributed by atoms with Crippen LogP contribution in [0.25, 0.3) is 0 Å². The molecule has 1 unspecified atom stereocenters. The Morgan fingerprint density at radius 1 is 1.00 bits per heavy atom. The van der Waals surface area contributed by atoms with Gasteiger partial charge in [0, 0.05) is 10.7 Å². The van der Waals surface area contributed by atoms with Crippen LogP contribution in [0, 0.1) is 0 Å². The van der Waals surface area contributed by atoms with Gasteiger partial charge in [-0.15, -0.1) is 0 Å². The lowest BCUT2D eigenvalue weighted by atomic mass is 9.93. The minimum atomic E-state index is -1.33. The largest absolute Gasteiger partial charge is 0.468 e. The van der Waals surface area contributed by atoms with Gasteiger partial charge < -0.3 is 14.8 Å². The molecule has 25 heavy (non-hydrogen) atoms. The SMILES string of the molecule is COC(=O)c1ccccc1C(C(=O)Nc1cccc(Cl)c1)C(=O)OC. The first-order valence-corrected chi connectivity index (χ1v) is 7.67. The van der Waals surface area contributed by atoms with Crippen molar-refractivity contribution in [2.75, 3.05) is 19.5 Å². The van der Waals surface area contributed by atoms with Gasteiger partial charge in [0.1, 0.15) is 0 Å².